The van der Waals surface area contributed by atoms with Crippen molar-refractivity contribution in [2.45, 2.75) is 12.5 Å². The Kier molecular flexibility index (Phi) is 3.57. The summed E-state index contributed by atoms with van der Waals surface area (Å²) in [5, 5.41) is 0. The smallest absolute Gasteiger partial charge is 0.410 e. The van der Waals surface area contributed by atoms with E-state index in [0.717, 1.165) is 0 Å². The van der Waals surface area contributed by atoms with Crippen molar-refractivity contribution in [3.8, 4) is 5.75 Å². The van der Waals surface area contributed by atoms with E-state index in [1.54, 1.807) is 30.3 Å². The van der Waals surface area contributed by atoms with E-state index in [9.17, 15) is 9.59 Å². The lowest BCUT2D eigenvalue weighted by Gasteiger charge is -2.27. The lowest BCUT2D eigenvalue weighted by molar-refractivity contribution is -0.115. The SMILES string of the molecule is C=CC1CC(=O)C=CN1C(=O)Oc1ccccc1. The van der Waals surface area contributed by atoms with Crippen molar-refractivity contribution in [1.82, 2.24) is 4.90 Å². The Morgan fingerprint density at radius 2 is 2.11 bits per heavy atom. The van der Waals surface area contributed by atoms with E-state index < -0.39 is 6.09 Å². The van der Waals surface area contributed by atoms with Crippen LogP contribution in [-0.4, -0.2) is 22.8 Å². The highest BCUT2D eigenvalue weighted by atomic mass is 16.6. The number of hydrogen-bond acceptors (Lipinski definition) is 3. The summed E-state index contributed by atoms with van der Waals surface area (Å²) in [5.41, 5.74) is 0. The van der Waals surface area contributed by atoms with Crippen LogP contribution in [0.4, 0.5) is 4.79 Å². The van der Waals surface area contributed by atoms with Gasteiger partial charge in [0.15, 0.2) is 5.78 Å². The third kappa shape index (κ3) is 2.66. The third-order valence-corrected chi connectivity index (χ3v) is 2.62. The first kappa shape index (κ1) is 12.1. The van der Waals surface area contributed by atoms with Crippen LogP contribution >= 0.6 is 0 Å². The molecule has 1 atom stereocenters. The Balaban J connectivity index is 2.11. The molecule has 1 unspecified atom stereocenters. The Labute approximate surface area is 105 Å². The van der Waals surface area contributed by atoms with Crippen molar-refractivity contribution in [2.75, 3.05) is 0 Å². The fraction of sp³-hybridized carbons (Fsp3) is 0.143. The Bertz CT molecular complexity index is 493. The van der Waals surface area contributed by atoms with Crippen molar-refractivity contribution < 1.29 is 14.3 Å². The average Bonchev–Trinajstić information content (AvgIpc) is 2.39. The summed E-state index contributed by atoms with van der Waals surface area (Å²) in [4.78, 5) is 24.5. The molecule has 1 heterocycles. The van der Waals surface area contributed by atoms with Crippen LogP contribution in [0.2, 0.25) is 0 Å². The minimum Gasteiger partial charge on any atom is -0.410 e. The summed E-state index contributed by atoms with van der Waals surface area (Å²) < 4.78 is 5.20. The summed E-state index contributed by atoms with van der Waals surface area (Å²) in [6, 6.07) is 8.44. The van der Waals surface area contributed by atoms with Crippen molar-refractivity contribution in [3.63, 3.8) is 0 Å². The number of nitrogens with zero attached hydrogens (tertiary/aromatic N) is 1. The molecule has 1 aliphatic rings. The molecule has 1 aromatic carbocycles. The molecule has 4 heteroatoms. The van der Waals surface area contributed by atoms with Gasteiger partial charge in [0, 0.05) is 12.6 Å². The van der Waals surface area contributed by atoms with Gasteiger partial charge in [0.2, 0.25) is 0 Å². The normalized spacial score (nSPS) is 18.6. The predicted molar refractivity (Wildman–Crippen MR) is 67.1 cm³/mol. The second-order valence-corrected chi connectivity index (χ2v) is 3.88. The molecule has 0 aliphatic carbocycles. The van der Waals surface area contributed by atoms with E-state index in [0.29, 0.717) is 5.75 Å². The molecule has 0 N–H and O–H groups in total. The predicted octanol–water partition coefficient (Wildman–Crippen LogP) is 2.53. The van der Waals surface area contributed by atoms with Crippen LogP contribution in [0.5, 0.6) is 5.75 Å². The first-order chi connectivity index (χ1) is 8.70. The zero-order valence-electron chi connectivity index (χ0n) is 9.78. The second-order valence-electron chi connectivity index (χ2n) is 3.88. The van der Waals surface area contributed by atoms with Crippen LogP contribution < -0.4 is 4.74 Å². The van der Waals surface area contributed by atoms with Crippen molar-refractivity contribution in [3.05, 3.63) is 55.3 Å². The molecule has 0 spiro atoms. The third-order valence-electron chi connectivity index (χ3n) is 2.62. The summed E-state index contributed by atoms with van der Waals surface area (Å²) in [6.45, 7) is 3.62. The Morgan fingerprint density at radius 3 is 2.78 bits per heavy atom. The summed E-state index contributed by atoms with van der Waals surface area (Å²) in [6.07, 6.45) is 4.09. The molecule has 92 valence electrons. The van der Waals surface area contributed by atoms with Crippen LogP contribution in [0.15, 0.2) is 55.3 Å². The molecule has 0 saturated heterocycles. The fourth-order valence-corrected chi connectivity index (χ4v) is 1.68. The van der Waals surface area contributed by atoms with Gasteiger partial charge in [0.25, 0.3) is 0 Å². The molecule has 18 heavy (non-hydrogen) atoms. The quantitative estimate of drug-likeness (QED) is 0.750. The minimum atomic E-state index is -0.519. The minimum absolute atomic E-state index is 0.0244. The molecule has 0 fully saturated rings. The number of carbonyl (C=O) groups excluding carboxylic acids is 2. The molecule has 1 aromatic rings. The van der Waals surface area contributed by atoms with Crippen LogP contribution in [-0.2, 0) is 4.79 Å². The van der Waals surface area contributed by atoms with Gasteiger partial charge in [0.05, 0.1) is 6.04 Å². The van der Waals surface area contributed by atoms with Crippen LogP contribution in [0.1, 0.15) is 6.42 Å². The molecule has 2 rings (SSSR count). The highest BCUT2D eigenvalue weighted by Crippen LogP contribution is 2.17. The van der Waals surface area contributed by atoms with Crippen molar-refractivity contribution >= 4 is 11.9 Å². The zero-order valence-corrected chi connectivity index (χ0v) is 9.78. The molecular weight excluding hydrogens is 230 g/mol. The van der Waals surface area contributed by atoms with Gasteiger partial charge in [-0.1, -0.05) is 24.3 Å². The number of para-hydroxylation sites is 1. The van der Waals surface area contributed by atoms with Gasteiger partial charge in [-0.05, 0) is 18.2 Å². The molecule has 0 saturated carbocycles. The number of carbonyl (C=O) groups is 2. The molecule has 0 aromatic heterocycles. The first-order valence-corrected chi connectivity index (χ1v) is 5.59. The van der Waals surface area contributed by atoms with Gasteiger partial charge in [0.1, 0.15) is 5.75 Å². The maximum atomic E-state index is 11.9. The van der Waals surface area contributed by atoms with Gasteiger partial charge in [-0.3, -0.25) is 9.69 Å². The number of ketones is 1. The Morgan fingerprint density at radius 1 is 1.39 bits per heavy atom. The van der Waals surface area contributed by atoms with E-state index in [2.05, 4.69) is 6.58 Å². The fourth-order valence-electron chi connectivity index (χ4n) is 1.68. The number of allylic oxidation sites excluding steroid dienone is 1. The largest absolute Gasteiger partial charge is 0.419 e. The first-order valence-electron chi connectivity index (χ1n) is 5.59. The van der Waals surface area contributed by atoms with Crippen LogP contribution in [0.3, 0.4) is 0 Å². The molecule has 1 amide bonds. The van der Waals surface area contributed by atoms with Gasteiger partial charge in [-0.2, -0.15) is 0 Å². The van der Waals surface area contributed by atoms with Gasteiger partial charge in [-0.15, -0.1) is 6.58 Å². The molecule has 4 nitrogen and oxygen atoms in total. The van der Waals surface area contributed by atoms with E-state index >= 15 is 0 Å². The molecule has 0 bridgehead atoms. The van der Waals surface area contributed by atoms with Crippen molar-refractivity contribution in [1.29, 1.82) is 0 Å². The highest BCUT2D eigenvalue weighted by molar-refractivity contribution is 5.92. The van der Waals surface area contributed by atoms with Crippen LogP contribution in [0.25, 0.3) is 0 Å². The Hall–Kier alpha value is -2.36. The molecule has 0 radical (unpaired) electrons. The standard InChI is InChI=1S/C14H13NO3/c1-2-11-10-12(16)8-9-15(11)14(17)18-13-6-4-3-5-7-13/h2-9,11H,1,10H2. The highest BCUT2D eigenvalue weighted by Gasteiger charge is 2.26. The lowest BCUT2D eigenvalue weighted by Crippen LogP contribution is -2.40. The van der Waals surface area contributed by atoms with Gasteiger partial charge in [-0.25, -0.2) is 4.79 Å². The van der Waals surface area contributed by atoms with Crippen molar-refractivity contribution in [2.24, 2.45) is 0 Å². The average molecular weight is 243 g/mol. The number of benzene rings is 1. The van der Waals surface area contributed by atoms with Crippen LogP contribution in [0, 0.1) is 0 Å². The van der Waals surface area contributed by atoms with Gasteiger partial charge >= 0.3 is 6.09 Å². The second kappa shape index (κ2) is 5.31. The monoisotopic (exact) mass is 243 g/mol. The number of amides is 1. The lowest BCUT2D eigenvalue weighted by atomic mass is 10.1. The summed E-state index contributed by atoms with van der Waals surface area (Å²) >= 11 is 0. The zero-order chi connectivity index (χ0) is 13.0. The number of rotatable bonds is 2. The van der Waals surface area contributed by atoms with Gasteiger partial charge < -0.3 is 4.74 Å². The summed E-state index contributed by atoms with van der Waals surface area (Å²) in [5.74, 6) is 0.444. The maximum Gasteiger partial charge on any atom is 0.419 e. The van der Waals surface area contributed by atoms with E-state index in [-0.39, 0.29) is 18.2 Å². The topological polar surface area (TPSA) is 46.6 Å². The number of hydrogen-bond donors (Lipinski definition) is 0. The molecule has 1 aliphatic heterocycles. The van der Waals surface area contributed by atoms with E-state index in [1.807, 2.05) is 6.07 Å². The number of ether oxygens (including phenoxy) is 1. The van der Waals surface area contributed by atoms with E-state index in [4.69, 9.17) is 4.74 Å². The molecular formula is C14H13NO3. The maximum absolute atomic E-state index is 11.9. The van der Waals surface area contributed by atoms with E-state index in [1.165, 1.54) is 17.2 Å². The summed E-state index contributed by atoms with van der Waals surface area (Å²) in [7, 11) is 0.